The first kappa shape index (κ1) is 25.4. The summed E-state index contributed by atoms with van der Waals surface area (Å²) >= 11 is 0. The molecule has 0 aliphatic carbocycles. The Morgan fingerprint density at radius 1 is 1.19 bits per heavy atom. The van der Waals surface area contributed by atoms with Crippen molar-refractivity contribution in [2.75, 3.05) is 24.5 Å². The minimum atomic E-state index is -0.521. The minimum Gasteiger partial charge on any atom is -0.365 e. The standard InChI is InChI=1S/C22H32F2N6.HI/c1-5-19-16(20(6-2)29(4)28-19)13-26-22(25-7-3)27-15-11-12-30(14-15)21-17(23)9-8-10-18(21)24;/h8-10,15H,5-7,11-14H2,1-4H3,(H2,25,26,27);1H. The van der Waals surface area contributed by atoms with Crippen molar-refractivity contribution in [1.29, 1.82) is 0 Å². The maximum atomic E-state index is 14.1. The zero-order chi connectivity index (χ0) is 21.7. The van der Waals surface area contributed by atoms with Crippen molar-refractivity contribution in [2.45, 2.75) is 52.6 Å². The SMILES string of the molecule is CCNC(=NCc1c(CC)nn(C)c1CC)NC1CCN(c2c(F)cccc2F)C1.I. The molecule has 0 amide bonds. The van der Waals surface area contributed by atoms with Crippen LogP contribution >= 0.6 is 24.0 Å². The number of anilines is 1. The summed E-state index contributed by atoms with van der Waals surface area (Å²) < 4.78 is 30.2. The van der Waals surface area contributed by atoms with Gasteiger partial charge in [0.1, 0.15) is 17.3 Å². The molecular formula is C22H33F2IN6. The second-order valence-corrected chi connectivity index (χ2v) is 7.54. The highest BCUT2D eigenvalue weighted by Gasteiger charge is 2.27. The molecule has 9 heteroatoms. The van der Waals surface area contributed by atoms with Gasteiger partial charge in [-0.3, -0.25) is 4.68 Å². The molecule has 1 fully saturated rings. The Balaban J connectivity index is 0.00000341. The van der Waals surface area contributed by atoms with E-state index in [0.29, 0.717) is 25.6 Å². The molecule has 0 bridgehead atoms. The van der Waals surface area contributed by atoms with Crippen LogP contribution in [0.2, 0.25) is 0 Å². The highest BCUT2D eigenvalue weighted by atomic mass is 127. The molecule has 1 aliphatic rings. The van der Waals surface area contributed by atoms with Gasteiger partial charge in [-0.2, -0.15) is 5.10 Å². The summed E-state index contributed by atoms with van der Waals surface area (Å²) in [5.74, 6) is -0.328. The van der Waals surface area contributed by atoms with Gasteiger partial charge in [-0.1, -0.05) is 19.9 Å². The Hall–Kier alpha value is -1.91. The van der Waals surface area contributed by atoms with Crippen LogP contribution in [0.5, 0.6) is 0 Å². The Bertz CT molecular complexity index is 878. The number of aromatic nitrogens is 2. The maximum absolute atomic E-state index is 14.1. The fraction of sp³-hybridized carbons (Fsp3) is 0.545. The van der Waals surface area contributed by atoms with Crippen molar-refractivity contribution in [3.63, 3.8) is 0 Å². The highest BCUT2D eigenvalue weighted by molar-refractivity contribution is 14.0. The van der Waals surface area contributed by atoms with E-state index in [1.165, 1.54) is 29.5 Å². The molecule has 6 nitrogen and oxygen atoms in total. The van der Waals surface area contributed by atoms with Crippen molar-refractivity contribution in [3.8, 4) is 0 Å². The third-order valence-electron chi connectivity index (χ3n) is 5.55. The summed E-state index contributed by atoms with van der Waals surface area (Å²) in [7, 11) is 1.98. The number of benzene rings is 1. The topological polar surface area (TPSA) is 57.5 Å². The summed E-state index contributed by atoms with van der Waals surface area (Å²) in [5, 5.41) is 11.3. The van der Waals surface area contributed by atoms with Gasteiger partial charge in [0.05, 0.1) is 12.2 Å². The first-order chi connectivity index (χ1) is 14.5. The van der Waals surface area contributed by atoms with Crippen LogP contribution in [0.3, 0.4) is 0 Å². The molecule has 2 N–H and O–H groups in total. The number of hydrogen-bond donors (Lipinski definition) is 2. The van der Waals surface area contributed by atoms with Crippen molar-refractivity contribution < 1.29 is 8.78 Å². The summed E-state index contributed by atoms with van der Waals surface area (Å²) in [5.41, 5.74) is 3.52. The molecule has 0 spiro atoms. The predicted molar refractivity (Wildman–Crippen MR) is 132 cm³/mol. The third-order valence-corrected chi connectivity index (χ3v) is 5.55. The molecule has 1 unspecified atom stereocenters. The highest BCUT2D eigenvalue weighted by Crippen LogP contribution is 2.26. The number of guanidine groups is 1. The van der Waals surface area contributed by atoms with E-state index in [1.807, 2.05) is 18.7 Å². The normalized spacial score (nSPS) is 16.4. The average Bonchev–Trinajstić information content (AvgIpc) is 3.29. The van der Waals surface area contributed by atoms with E-state index < -0.39 is 11.6 Å². The molecule has 1 aromatic heterocycles. The third kappa shape index (κ3) is 5.87. The number of para-hydroxylation sites is 1. The van der Waals surface area contributed by atoms with Crippen LogP contribution in [0.1, 0.15) is 44.1 Å². The first-order valence-corrected chi connectivity index (χ1v) is 10.8. The Kier molecular flexibility index (Phi) is 9.52. The number of aryl methyl sites for hydroxylation is 2. The molecule has 1 aliphatic heterocycles. The number of halogens is 3. The maximum Gasteiger partial charge on any atom is 0.191 e. The Morgan fingerprint density at radius 3 is 2.52 bits per heavy atom. The van der Waals surface area contributed by atoms with Gasteiger partial charge in [0.25, 0.3) is 0 Å². The summed E-state index contributed by atoms with van der Waals surface area (Å²) in [6.45, 7) is 8.65. The summed E-state index contributed by atoms with van der Waals surface area (Å²) in [6.07, 6.45) is 2.56. The van der Waals surface area contributed by atoms with Crippen LogP contribution in [-0.2, 0) is 26.4 Å². The van der Waals surface area contributed by atoms with Gasteiger partial charge in [-0.15, -0.1) is 24.0 Å². The molecule has 0 saturated carbocycles. The van der Waals surface area contributed by atoms with E-state index >= 15 is 0 Å². The Labute approximate surface area is 200 Å². The molecule has 31 heavy (non-hydrogen) atoms. The van der Waals surface area contributed by atoms with Crippen LogP contribution in [0.4, 0.5) is 14.5 Å². The lowest BCUT2D eigenvalue weighted by Crippen LogP contribution is -2.44. The largest absolute Gasteiger partial charge is 0.365 e. The van der Waals surface area contributed by atoms with E-state index in [2.05, 4.69) is 29.6 Å². The van der Waals surface area contributed by atoms with Gasteiger partial charge in [0, 0.05) is 44.0 Å². The summed E-state index contributed by atoms with van der Waals surface area (Å²) in [6, 6.07) is 4.06. The predicted octanol–water partition coefficient (Wildman–Crippen LogP) is 3.78. The van der Waals surface area contributed by atoms with Crippen molar-refractivity contribution in [1.82, 2.24) is 20.4 Å². The smallest absolute Gasteiger partial charge is 0.191 e. The number of hydrogen-bond acceptors (Lipinski definition) is 3. The zero-order valence-corrected chi connectivity index (χ0v) is 21.0. The fourth-order valence-electron chi connectivity index (χ4n) is 4.12. The van der Waals surface area contributed by atoms with Gasteiger partial charge in [0.15, 0.2) is 5.96 Å². The van der Waals surface area contributed by atoms with Crippen molar-refractivity contribution >= 4 is 35.6 Å². The monoisotopic (exact) mass is 546 g/mol. The van der Waals surface area contributed by atoms with Gasteiger partial charge in [-0.05, 0) is 38.3 Å². The molecule has 2 heterocycles. The lowest BCUT2D eigenvalue weighted by Gasteiger charge is -2.21. The molecule has 3 rings (SSSR count). The molecule has 1 saturated heterocycles. The molecule has 1 aromatic carbocycles. The van der Waals surface area contributed by atoms with Crippen LogP contribution in [0.25, 0.3) is 0 Å². The van der Waals surface area contributed by atoms with Crippen molar-refractivity contribution in [3.05, 3.63) is 46.8 Å². The number of nitrogens with one attached hydrogen (secondary N) is 2. The number of nitrogens with zero attached hydrogens (tertiary/aromatic N) is 4. The van der Waals surface area contributed by atoms with E-state index in [9.17, 15) is 8.78 Å². The molecule has 2 aromatic rings. The Morgan fingerprint density at radius 2 is 1.90 bits per heavy atom. The van der Waals surface area contributed by atoms with Crippen molar-refractivity contribution in [2.24, 2.45) is 12.0 Å². The lowest BCUT2D eigenvalue weighted by molar-refractivity contribution is 0.576. The number of rotatable bonds is 7. The minimum absolute atomic E-state index is 0. The zero-order valence-electron chi connectivity index (χ0n) is 18.7. The van der Waals surface area contributed by atoms with E-state index in [-0.39, 0.29) is 35.7 Å². The molecular weight excluding hydrogens is 513 g/mol. The summed E-state index contributed by atoms with van der Waals surface area (Å²) in [4.78, 5) is 6.55. The van der Waals surface area contributed by atoms with E-state index in [1.54, 1.807) is 4.90 Å². The van der Waals surface area contributed by atoms with Crippen LogP contribution < -0.4 is 15.5 Å². The molecule has 1 atom stereocenters. The number of aliphatic imine (C=N–C) groups is 1. The van der Waals surface area contributed by atoms with Gasteiger partial charge >= 0.3 is 0 Å². The lowest BCUT2D eigenvalue weighted by atomic mass is 10.1. The molecule has 0 radical (unpaired) electrons. The van der Waals surface area contributed by atoms with Crippen LogP contribution in [0, 0.1) is 11.6 Å². The van der Waals surface area contributed by atoms with Crippen LogP contribution in [0.15, 0.2) is 23.2 Å². The van der Waals surface area contributed by atoms with E-state index in [0.717, 1.165) is 31.5 Å². The average molecular weight is 546 g/mol. The fourth-order valence-corrected chi connectivity index (χ4v) is 4.12. The first-order valence-electron chi connectivity index (χ1n) is 10.8. The quantitative estimate of drug-likeness (QED) is 0.316. The van der Waals surface area contributed by atoms with Gasteiger partial charge in [0.2, 0.25) is 0 Å². The second kappa shape index (κ2) is 11.6. The second-order valence-electron chi connectivity index (χ2n) is 7.54. The molecule has 172 valence electrons. The van der Waals surface area contributed by atoms with E-state index in [4.69, 9.17) is 4.99 Å². The van der Waals surface area contributed by atoms with Gasteiger partial charge < -0.3 is 15.5 Å². The van der Waals surface area contributed by atoms with Crippen LogP contribution in [-0.4, -0.2) is 41.4 Å². The van der Waals surface area contributed by atoms with Gasteiger partial charge in [-0.25, -0.2) is 13.8 Å².